The summed E-state index contributed by atoms with van der Waals surface area (Å²) in [5.41, 5.74) is 0. The second kappa shape index (κ2) is 13.7. The molecule has 0 radical (unpaired) electrons. The molecule has 1 rings (SSSR count). The van der Waals surface area contributed by atoms with E-state index in [0.717, 1.165) is 44.9 Å². The molecule has 5 nitrogen and oxygen atoms in total. The largest absolute Gasteiger partial charge is 0.481 e. The van der Waals surface area contributed by atoms with Gasteiger partial charge < -0.3 is 14.9 Å². The normalized spacial score (nSPS) is 22.7. The molecule has 1 aliphatic rings. The van der Waals surface area contributed by atoms with Crippen molar-refractivity contribution in [2.45, 2.75) is 77.4 Å². The fraction of sp³-hybridized carbons (Fsp3) is 0.727. The van der Waals surface area contributed by atoms with Gasteiger partial charge in [0, 0.05) is 19.4 Å². The van der Waals surface area contributed by atoms with Crippen molar-refractivity contribution < 1.29 is 24.5 Å². The number of hydrogen-bond acceptors (Lipinski definition) is 4. The number of carboxylic acid groups (broad SMARTS) is 1. The van der Waals surface area contributed by atoms with Crippen LogP contribution in [0.15, 0.2) is 24.3 Å². The Balaban J connectivity index is 2.32. The number of Topliss-reactive ketones (excluding diaryl/α,β-unsaturated/α-hetero) is 1. The van der Waals surface area contributed by atoms with Gasteiger partial charge in [0.15, 0.2) is 6.29 Å². The van der Waals surface area contributed by atoms with E-state index in [1.165, 1.54) is 7.11 Å². The molecule has 27 heavy (non-hydrogen) atoms. The monoisotopic (exact) mass is 380 g/mol. The zero-order chi connectivity index (χ0) is 20.1. The van der Waals surface area contributed by atoms with Crippen molar-refractivity contribution >= 4 is 11.8 Å². The van der Waals surface area contributed by atoms with Gasteiger partial charge >= 0.3 is 5.97 Å². The maximum absolute atomic E-state index is 12.2. The van der Waals surface area contributed by atoms with Gasteiger partial charge in [0.2, 0.25) is 0 Å². The summed E-state index contributed by atoms with van der Waals surface area (Å²) in [7, 11) is 1.31. The zero-order valence-corrected chi connectivity index (χ0v) is 16.8. The van der Waals surface area contributed by atoms with Gasteiger partial charge in [-0.2, -0.15) is 0 Å². The van der Waals surface area contributed by atoms with Crippen LogP contribution in [-0.2, 0) is 14.3 Å². The second-order valence-electron chi connectivity index (χ2n) is 7.37. The number of aliphatic carboxylic acids is 1. The van der Waals surface area contributed by atoms with Gasteiger partial charge in [-0.15, -0.1) is 0 Å². The molecule has 1 fully saturated rings. The molecular formula is C22H36O5. The number of methoxy groups -OCH3 is 1. The van der Waals surface area contributed by atoms with Crippen molar-refractivity contribution in [3.05, 3.63) is 24.3 Å². The highest BCUT2D eigenvalue weighted by Gasteiger charge is 2.32. The first-order chi connectivity index (χ1) is 13.0. The van der Waals surface area contributed by atoms with Crippen LogP contribution in [0, 0.1) is 17.8 Å². The molecule has 2 unspecified atom stereocenters. The number of hydrogen-bond donors (Lipinski definition) is 2. The van der Waals surface area contributed by atoms with Crippen molar-refractivity contribution in [2.24, 2.45) is 17.8 Å². The minimum atomic E-state index is -1.26. The third-order valence-corrected chi connectivity index (χ3v) is 5.37. The number of allylic oxidation sites excluding steroid dienone is 4. The lowest BCUT2D eigenvalue weighted by Gasteiger charge is -2.18. The van der Waals surface area contributed by atoms with Crippen LogP contribution < -0.4 is 0 Å². The Hall–Kier alpha value is -1.46. The van der Waals surface area contributed by atoms with Gasteiger partial charge in [-0.05, 0) is 44.4 Å². The fourth-order valence-corrected chi connectivity index (χ4v) is 3.75. The van der Waals surface area contributed by atoms with E-state index in [2.05, 4.69) is 31.2 Å². The third kappa shape index (κ3) is 8.85. The molecule has 1 aliphatic carbocycles. The first-order valence-electron chi connectivity index (χ1n) is 10.3. The lowest BCUT2D eigenvalue weighted by Crippen LogP contribution is -2.29. The molecule has 1 saturated carbocycles. The van der Waals surface area contributed by atoms with Crippen LogP contribution in [-0.4, -0.2) is 35.4 Å². The smallest absolute Gasteiger partial charge is 0.311 e. The Labute approximate surface area is 163 Å². The lowest BCUT2D eigenvalue weighted by atomic mass is 9.89. The molecule has 0 aromatic heterocycles. The summed E-state index contributed by atoms with van der Waals surface area (Å²) < 4.78 is 4.73. The predicted molar refractivity (Wildman–Crippen MR) is 106 cm³/mol. The van der Waals surface area contributed by atoms with Gasteiger partial charge in [0.1, 0.15) is 11.7 Å². The third-order valence-electron chi connectivity index (χ3n) is 5.37. The first kappa shape index (κ1) is 23.6. The summed E-state index contributed by atoms with van der Waals surface area (Å²) in [4.78, 5) is 23.3. The molecular weight excluding hydrogens is 344 g/mol. The van der Waals surface area contributed by atoms with E-state index in [9.17, 15) is 14.7 Å². The Kier molecular flexibility index (Phi) is 11.9. The van der Waals surface area contributed by atoms with E-state index < -0.39 is 18.2 Å². The number of ketones is 1. The van der Waals surface area contributed by atoms with Crippen molar-refractivity contribution in [3.63, 3.8) is 0 Å². The average molecular weight is 381 g/mol. The number of ether oxygens (including phenoxy) is 1. The van der Waals surface area contributed by atoms with Crippen LogP contribution in [0.4, 0.5) is 0 Å². The maximum Gasteiger partial charge on any atom is 0.311 e. The molecule has 0 aromatic rings. The molecule has 0 amide bonds. The van der Waals surface area contributed by atoms with E-state index in [0.29, 0.717) is 31.0 Å². The number of carbonyl (C=O) groups excluding carboxylic acids is 1. The van der Waals surface area contributed by atoms with Crippen molar-refractivity contribution in [2.75, 3.05) is 7.11 Å². The van der Waals surface area contributed by atoms with Crippen LogP contribution in [0.25, 0.3) is 0 Å². The van der Waals surface area contributed by atoms with Crippen LogP contribution >= 0.6 is 0 Å². The number of rotatable bonds is 14. The minimum Gasteiger partial charge on any atom is -0.481 e. The predicted octanol–water partition coefficient (Wildman–Crippen LogP) is 4.50. The summed E-state index contributed by atoms with van der Waals surface area (Å²) in [6.45, 7) is 2.13. The van der Waals surface area contributed by atoms with Crippen LogP contribution in [0.2, 0.25) is 0 Å². The van der Waals surface area contributed by atoms with E-state index in [1.54, 1.807) is 0 Å². The average Bonchev–Trinajstić information content (AvgIpc) is 3.00. The van der Waals surface area contributed by atoms with Crippen LogP contribution in [0.3, 0.4) is 0 Å². The number of carboxylic acids is 1. The Bertz CT molecular complexity index is 497. The summed E-state index contributed by atoms with van der Waals surface area (Å²) in [6.07, 6.45) is 16.1. The number of carbonyl (C=O) groups is 2. The topological polar surface area (TPSA) is 83.8 Å². The molecule has 0 saturated heterocycles. The molecule has 154 valence electrons. The quantitative estimate of drug-likeness (QED) is 0.263. The molecule has 0 bridgehead atoms. The van der Waals surface area contributed by atoms with Gasteiger partial charge in [0.05, 0.1) is 0 Å². The van der Waals surface area contributed by atoms with Gasteiger partial charge in [-0.3, -0.25) is 9.59 Å². The Morgan fingerprint density at radius 3 is 2.63 bits per heavy atom. The maximum atomic E-state index is 12.2. The van der Waals surface area contributed by atoms with Crippen molar-refractivity contribution in [1.82, 2.24) is 0 Å². The minimum absolute atomic E-state index is 0.118. The van der Waals surface area contributed by atoms with Gasteiger partial charge in [-0.1, -0.05) is 50.5 Å². The van der Waals surface area contributed by atoms with Crippen LogP contribution in [0.1, 0.15) is 71.1 Å². The van der Waals surface area contributed by atoms with Crippen molar-refractivity contribution in [1.29, 1.82) is 0 Å². The number of aliphatic hydroxyl groups is 1. The summed E-state index contributed by atoms with van der Waals surface area (Å²) in [5, 5.41) is 18.7. The summed E-state index contributed by atoms with van der Waals surface area (Å²) in [6, 6.07) is 0. The van der Waals surface area contributed by atoms with Crippen LogP contribution in [0.5, 0.6) is 0 Å². The number of aliphatic hydroxyl groups excluding tert-OH is 1. The second-order valence-corrected chi connectivity index (χ2v) is 7.37. The van der Waals surface area contributed by atoms with Crippen molar-refractivity contribution in [3.8, 4) is 0 Å². The highest BCUT2D eigenvalue weighted by atomic mass is 16.6. The molecule has 0 spiro atoms. The fourth-order valence-electron chi connectivity index (χ4n) is 3.75. The van der Waals surface area contributed by atoms with Gasteiger partial charge in [0.25, 0.3) is 0 Å². The summed E-state index contributed by atoms with van der Waals surface area (Å²) in [5.74, 6) is -1.08. The highest BCUT2D eigenvalue weighted by Crippen LogP contribution is 2.34. The Morgan fingerprint density at radius 2 is 1.96 bits per heavy atom. The lowest BCUT2D eigenvalue weighted by molar-refractivity contribution is -0.164. The Morgan fingerprint density at radius 1 is 1.22 bits per heavy atom. The standard InChI is InChI=1S/C22H36O5/c1-3-4-5-6-7-9-12-17-15-16-20(23)18(17)13-10-8-11-14-19(21(24)25)22(26)27-2/h4-5,9,12,17-19,22,26H,3,6-8,10-11,13-16H2,1-2H3,(H,24,25)/t17-,18+,19?,22?/m0/s1. The molecule has 4 atom stereocenters. The molecule has 0 aromatic carbocycles. The van der Waals surface area contributed by atoms with E-state index in [-0.39, 0.29) is 5.92 Å². The van der Waals surface area contributed by atoms with Gasteiger partial charge in [-0.25, -0.2) is 0 Å². The molecule has 0 heterocycles. The molecule has 5 heteroatoms. The summed E-state index contributed by atoms with van der Waals surface area (Å²) >= 11 is 0. The van der Waals surface area contributed by atoms with E-state index in [1.807, 2.05) is 0 Å². The highest BCUT2D eigenvalue weighted by molar-refractivity contribution is 5.83. The molecule has 0 aliphatic heterocycles. The SMILES string of the molecule is CCC=CCCC=C[C@H]1CCC(=O)[C@@H]1CCCCCC(C(=O)O)C(O)OC. The molecule has 2 N–H and O–H groups in total. The van der Waals surface area contributed by atoms with E-state index in [4.69, 9.17) is 9.84 Å². The zero-order valence-electron chi connectivity index (χ0n) is 16.8. The van der Waals surface area contributed by atoms with E-state index >= 15 is 0 Å². The number of unbranched alkanes of at least 4 members (excludes halogenated alkanes) is 3. The first-order valence-corrected chi connectivity index (χ1v) is 10.3.